The SMILES string of the molecule is O=C(NCc1ccc(F)cc1)[C@H]1[C@H](CO)[C@H]2Cn3c(cccc3=O)[C@@H]1N2Cc1ccncc1. The van der Waals surface area contributed by atoms with Gasteiger partial charge in [-0.15, -0.1) is 0 Å². The maximum atomic E-state index is 13.5. The van der Waals surface area contributed by atoms with Gasteiger partial charge in [-0.05, 0) is 41.5 Å². The first kappa shape index (κ1) is 21.5. The van der Waals surface area contributed by atoms with Gasteiger partial charge in [-0.1, -0.05) is 18.2 Å². The van der Waals surface area contributed by atoms with Crippen LogP contribution in [0.15, 0.2) is 71.8 Å². The van der Waals surface area contributed by atoms with Crippen LogP contribution in [0.1, 0.15) is 22.9 Å². The molecule has 4 atom stereocenters. The van der Waals surface area contributed by atoms with Crippen molar-refractivity contribution in [3.8, 4) is 0 Å². The van der Waals surface area contributed by atoms with Crippen molar-refractivity contribution in [3.63, 3.8) is 0 Å². The lowest BCUT2D eigenvalue weighted by atomic mass is 9.86. The number of fused-ring (bicyclic) bond motifs is 4. The highest BCUT2D eigenvalue weighted by Crippen LogP contribution is 2.48. The topological polar surface area (TPSA) is 87.5 Å². The molecule has 1 fully saturated rings. The Bertz CT molecular complexity index is 1200. The number of aromatic nitrogens is 2. The van der Waals surface area contributed by atoms with Crippen LogP contribution in [0.4, 0.5) is 4.39 Å². The van der Waals surface area contributed by atoms with Gasteiger partial charge in [-0.2, -0.15) is 0 Å². The molecular formula is C25H25FN4O3. The quantitative estimate of drug-likeness (QED) is 0.601. The monoisotopic (exact) mass is 448 g/mol. The van der Waals surface area contributed by atoms with Crippen molar-refractivity contribution in [2.24, 2.45) is 11.8 Å². The summed E-state index contributed by atoms with van der Waals surface area (Å²) in [7, 11) is 0. The summed E-state index contributed by atoms with van der Waals surface area (Å²) < 4.78 is 14.9. The van der Waals surface area contributed by atoms with Gasteiger partial charge < -0.3 is 15.0 Å². The van der Waals surface area contributed by atoms with E-state index in [1.165, 1.54) is 18.2 Å². The van der Waals surface area contributed by atoms with Crippen LogP contribution in [-0.4, -0.2) is 38.1 Å². The first-order valence-corrected chi connectivity index (χ1v) is 11.0. The summed E-state index contributed by atoms with van der Waals surface area (Å²) in [4.78, 5) is 32.4. The van der Waals surface area contributed by atoms with E-state index in [1.54, 1.807) is 35.2 Å². The standard InChI is InChI=1S/C25H25FN4O3/c26-18-6-4-16(5-7-18)12-28-25(33)23-19(15-31)21-14-29-20(2-1-3-22(29)32)24(23)30(21)13-17-8-10-27-11-9-17/h1-11,19,21,23-24,31H,12-15H2,(H,28,33)/t19-,21-,23+,24+/m1/s1. The number of aliphatic hydroxyl groups is 1. The molecule has 5 rings (SSSR count). The number of hydrogen-bond acceptors (Lipinski definition) is 5. The lowest BCUT2D eigenvalue weighted by Gasteiger charge is -2.38. The molecule has 33 heavy (non-hydrogen) atoms. The van der Waals surface area contributed by atoms with Gasteiger partial charge in [0, 0.05) is 62.4 Å². The Balaban J connectivity index is 1.48. The fourth-order valence-electron chi connectivity index (χ4n) is 5.30. The van der Waals surface area contributed by atoms with Gasteiger partial charge in [0.25, 0.3) is 5.56 Å². The highest BCUT2D eigenvalue weighted by atomic mass is 19.1. The molecule has 1 aromatic carbocycles. The molecule has 0 radical (unpaired) electrons. The summed E-state index contributed by atoms with van der Waals surface area (Å²) in [6.45, 7) is 1.10. The number of carbonyl (C=O) groups excluding carboxylic acids is 1. The number of nitrogens with zero attached hydrogens (tertiary/aromatic N) is 3. The Morgan fingerprint density at radius 2 is 1.85 bits per heavy atom. The molecule has 0 saturated carbocycles. The normalized spacial score (nSPS) is 23.8. The molecule has 0 unspecified atom stereocenters. The van der Waals surface area contributed by atoms with Gasteiger partial charge in [0.1, 0.15) is 5.82 Å². The Hall–Kier alpha value is -3.36. The molecule has 2 aliphatic heterocycles. The molecule has 8 heteroatoms. The number of carbonyl (C=O) groups is 1. The largest absolute Gasteiger partial charge is 0.396 e. The van der Waals surface area contributed by atoms with Crippen molar-refractivity contribution >= 4 is 5.91 Å². The molecule has 2 aromatic heterocycles. The van der Waals surface area contributed by atoms with Crippen molar-refractivity contribution in [2.45, 2.75) is 31.7 Å². The minimum absolute atomic E-state index is 0.102. The molecule has 2 N–H and O–H groups in total. The van der Waals surface area contributed by atoms with Crippen molar-refractivity contribution < 1.29 is 14.3 Å². The Kier molecular flexibility index (Phi) is 5.78. The van der Waals surface area contributed by atoms with Gasteiger partial charge in [0.2, 0.25) is 5.91 Å². The molecule has 2 aliphatic rings. The third kappa shape index (κ3) is 3.96. The van der Waals surface area contributed by atoms with Gasteiger partial charge in [-0.3, -0.25) is 19.5 Å². The zero-order valence-corrected chi connectivity index (χ0v) is 18.0. The molecule has 7 nitrogen and oxygen atoms in total. The average Bonchev–Trinajstić information content (AvgIpc) is 3.03. The Morgan fingerprint density at radius 1 is 1.09 bits per heavy atom. The second-order valence-corrected chi connectivity index (χ2v) is 8.66. The Labute approximate surface area is 190 Å². The molecule has 170 valence electrons. The molecule has 1 amide bonds. The third-order valence-electron chi connectivity index (χ3n) is 6.84. The summed E-state index contributed by atoms with van der Waals surface area (Å²) >= 11 is 0. The number of rotatable bonds is 6. The van der Waals surface area contributed by atoms with Crippen LogP contribution >= 0.6 is 0 Å². The number of amides is 1. The zero-order valence-electron chi connectivity index (χ0n) is 18.0. The second kappa shape index (κ2) is 8.88. The Morgan fingerprint density at radius 3 is 2.58 bits per heavy atom. The van der Waals surface area contributed by atoms with Crippen molar-refractivity contribution in [1.82, 2.24) is 19.8 Å². The van der Waals surface area contributed by atoms with Crippen LogP contribution in [0.25, 0.3) is 0 Å². The molecule has 0 aliphatic carbocycles. The van der Waals surface area contributed by atoms with E-state index >= 15 is 0 Å². The average molecular weight is 448 g/mol. The number of benzene rings is 1. The first-order chi connectivity index (χ1) is 16.1. The number of halogens is 1. The summed E-state index contributed by atoms with van der Waals surface area (Å²) in [5.74, 6) is -1.37. The van der Waals surface area contributed by atoms with Crippen molar-refractivity contribution in [3.05, 3.63) is 100.0 Å². The molecule has 0 spiro atoms. The van der Waals surface area contributed by atoms with Gasteiger partial charge in [0.15, 0.2) is 0 Å². The zero-order chi connectivity index (χ0) is 22.9. The fraction of sp³-hybridized carbons (Fsp3) is 0.320. The van der Waals surface area contributed by atoms with Crippen LogP contribution in [0.2, 0.25) is 0 Å². The predicted octanol–water partition coefficient (Wildman–Crippen LogP) is 1.86. The van der Waals surface area contributed by atoms with E-state index < -0.39 is 5.92 Å². The highest BCUT2D eigenvalue weighted by Gasteiger charge is 2.55. The van der Waals surface area contributed by atoms with Crippen molar-refractivity contribution in [2.75, 3.05) is 6.61 Å². The van der Waals surface area contributed by atoms with E-state index in [0.29, 0.717) is 13.1 Å². The summed E-state index contributed by atoms with van der Waals surface area (Å²) in [6, 6.07) is 14.5. The predicted molar refractivity (Wildman–Crippen MR) is 119 cm³/mol. The smallest absolute Gasteiger partial charge is 0.250 e. The second-order valence-electron chi connectivity index (χ2n) is 8.66. The van der Waals surface area contributed by atoms with Gasteiger partial charge in [0.05, 0.1) is 12.0 Å². The van der Waals surface area contributed by atoms with E-state index in [1.807, 2.05) is 18.2 Å². The lowest BCUT2D eigenvalue weighted by molar-refractivity contribution is -0.127. The van der Waals surface area contributed by atoms with Gasteiger partial charge in [-0.25, -0.2) is 4.39 Å². The molecule has 3 aromatic rings. The van der Waals surface area contributed by atoms with E-state index in [0.717, 1.165) is 16.8 Å². The maximum Gasteiger partial charge on any atom is 0.250 e. The van der Waals surface area contributed by atoms with Crippen LogP contribution < -0.4 is 10.9 Å². The number of nitrogens with one attached hydrogen (secondary N) is 1. The number of hydrogen-bond donors (Lipinski definition) is 2. The maximum absolute atomic E-state index is 13.5. The highest BCUT2D eigenvalue weighted by molar-refractivity contribution is 5.80. The molecular weight excluding hydrogens is 423 g/mol. The number of aliphatic hydroxyl groups excluding tert-OH is 1. The van der Waals surface area contributed by atoms with Crippen molar-refractivity contribution in [1.29, 1.82) is 0 Å². The molecule has 1 saturated heterocycles. The van der Waals surface area contributed by atoms with E-state index in [2.05, 4.69) is 15.2 Å². The third-order valence-corrected chi connectivity index (χ3v) is 6.84. The van der Waals surface area contributed by atoms with E-state index in [-0.39, 0.29) is 48.4 Å². The first-order valence-electron chi connectivity index (χ1n) is 11.0. The minimum Gasteiger partial charge on any atom is -0.396 e. The molecule has 2 bridgehead atoms. The minimum atomic E-state index is -0.530. The van der Waals surface area contributed by atoms with Crippen LogP contribution in [0, 0.1) is 17.7 Å². The van der Waals surface area contributed by atoms with Crippen LogP contribution in [0.5, 0.6) is 0 Å². The summed E-state index contributed by atoms with van der Waals surface area (Å²) in [5.41, 5.74) is 2.52. The van der Waals surface area contributed by atoms with Crippen LogP contribution in [-0.2, 0) is 24.4 Å². The van der Waals surface area contributed by atoms with Gasteiger partial charge >= 0.3 is 0 Å². The number of pyridine rings is 2. The lowest BCUT2D eigenvalue weighted by Crippen LogP contribution is -2.45. The summed E-state index contributed by atoms with van der Waals surface area (Å²) in [6.07, 6.45) is 3.46. The van der Waals surface area contributed by atoms with E-state index in [9.17, 15) is 19.1 Å². The van der Waals surface area contributed by atoms with Crippen LogP contribution in [0.3, 0.4) is 0 Å². The molecule has 4 heterocycles. The fourth-order valence-corrected chi connectivity index (χ4v) is 5.30. The summed E-state index contributed by atoms with van der Waals surface area (Å²) in [5, 5.41) is 13.3. The van der Waals surface area contributed by atoms with E-state index in [4.69, 9.17) is 0 Å².